The standard InChI is InChI=1S/C25H38N2O5S/c1-6-8-9-10-14-32-24(31)19-18-15-17(5)25(33-18)20(19)22(29)27(12-13-28)21(25)23(30)26(11-7-2)16(3)4/h6-7,16-21,28H,1-2,8-15H2,3-5H3/t17?,18-,19+,20+,21?,25?/m1/s1. The molecule has 6 atom stereocenters. The second kappa shape index (κ2) is 10.6. The van der Waals surface area contributed by atoms with Gasteiger partial charge >= 0.3 is 5.97 Å². The van der Waals surface area contributed by atoms with E-state index in [0.29, 0.717) is 13.2 Å². The van der Waals surface area contributed by atoms with Crippen LogP contribution >= 0.6 is 11.8 Å². The molecule has 3 heterocycles. The van der Waals surface area contributed by atoms with E-state index in [0.717, 1.165) is 25.7 Å². The topological polar surface area (TPSA) is 87.1 Å². The highest BCUT2D eigenvalue weighted by Gasteiger charge is 2.76. The molecule has 0 aromatic rings. The molecular weight excluding hydrogens is 440 g/mol. The third kappa shape index (κ3) is 4.36. The number of amides is 2. The number of likely N-dealkylation sites (tertiary alicyclic amines) is 1. The van der Waals surface area contributed by atoms with Crippen LogP contribution in [0.1, 0.15) is 46.5 Å². The second-order valence-electron chi connectivity index (χ2n) is 9.63. The van der Waals surface area contributed by atoms with Gasteiger partial charge in [0.15, 0.2) is 0 Å². The van der Waals surface area contributed by atoms with E-state index >= 15 is 0 Å². The van der Waals surface area contributed by atoms with Crippen molar-refractivity contribution in [1.82, 2.24) is 9.80 Å². The summed E-state index contributed by atoms with van der Waals surface area (Å²) < 4.78 is 4.93. The SMILES string of the molecule is C=CCCCCOC(=O)[C@@H]1[C@H]2C(=O)N(CCO)C(C(=O)N(CC=C)C(C)C)C23S[C@@H]1CC3C. The van der Waals surface area contributed by atoms with E-state index in [2.05, 4.69) is 20.1 Å². The average Bonchev–Trinajstić information content (AvgIpc) is 3.35. The van der Waals surface area contributed by atoms with Crippen LogP contribution in [0.2, 0.25) is 0 Å². The van der Waals surface area contributed by atoms with Gasteiger partial charge in [0.1, 0.15) is 6.04 Å². The lowest BCUT2D eigenvalue weighted by Crippen LogP contribution is -2.58. The van der Waals surface area contributed by atoms with Gasteiger partial charge in [-0.3, -0.25) is 14.4 Å². The van der Waals surface area contributed by atoms with Crippen molar-refractivity contribution in [3.8, 4) is 0 Å². The van der Waals surface area contributed by atoms with E-state index in [1.54, 1.807) is 22.7 Å². The first kappa shape index (κ1) is 25.8. The second-order valence-corrected chi connectivity index (χ2v) is 11.2. The Morgan fingerprint density at radius 1 is 1.33 bits per heavy atom. The predicted molar refractivity (Wildman–Crippen MR) is 130 cm³/mol. The van der Waals surface area contributed by atoms with Gasteiger partial charge in [-0.05, 0) is 45.4 Å². The van der Waals surface area contributed by atoms with Crippen molar-refractivity contribution in [3.05, 3.63) is 25.3 Å². The van der Waals surface area contributed by atoms with E-state index in [-0.39, 0.29) is 48.1 Å². The quantitative estimate of drug-likeness (QED) is 0.264. The van der Waals surface area contributed by atoms with Crippen molar-refractivity contribution in [2.75, 3.05) is 26.3 Å². The maximum absolute atomic E-state index is 13.9. The summed E-state index contributed by atoms with van der Waals surface area (Å²) >= 11 is 1.63. The number of ether oxygens (including phenoxy) is 1. The van der Waals surface area contributed by atoms with E-state index in [9.17, 15) is 19.5 Å². The van der Waals surface area contributed by atoms with Gasteiger partial charge in [0.05, 0.1) is 29.8 Å². The lowest BCUT2D eigenvalue weighted by molar-refractivity contribution is -0.154. The molecule has 8 heteroatoms. The molecule has 3 rings (SSSR count). The van der Waals surface area contributed by atoms with E-state index < -0.39 is 22.6 Å². The maximum atomic E-state index is 13.9. The molecule has 33 heavy (non-hydrogen) atoms. The Labute approximate surface area is 201 Å². The van der Waals surface area contributed by atoms with Crippen LogP contribution in [0.3, 0.4) is 0 Å². The number of unbranched alkanes of at least 4 members (excludes halogenated alkanes) is 2. The van der Waals surface area contributed by atoms with Crippen molar-refractivity contribution in [3.63, 3.8) is 0 Å². The monoisotopic (exact) mass is 478 g/mol. The summed E-state index contributed by atoms with van der Waals surface area (Å²) in [5, 5.41) is 9.68. The molecule has 3 saturated heterocycles. The zero-order valence-electron chi connectivity index (χ0n) is 20.1. The highest BCUT2D eigenvalue weighted by molar-refractivity contribution is 8.02. The molecule has 3 aliphatic rings. The molecule has 3 fully saturated rings. The number of hydrogen-bond acceptors (Lipinski definition) is 6. The highest BCUT2D eigenvalue weighted by atomic mass is 32.2. The van der Waals surface area contributed by atoms with Gasteiger partial charge in [-0.25, -0.2) is 0 Å². The lowest BCUT2D eigenvalue weighted by Gasteiger charge is -2.41. The first-order valence-electron chi connectivity index (χ1n) is 12.0. The summed E-state index contributed by atoms with van der Waals surface area (Å²) in [7, 11) is 0. The summed E-state index contributed by atoms with van der Waals surface area (Å²) in [6.45, 7) is 14.0. The van der Waals surface area contributed by atoms with Gasteiger partial charge in [0.25, 0.3) is 0 Å². The molecule has 3 unspecified atom stereocenters. The first-order chi connectivity index (χ1) is 15.8. The molecule has 1 N–H and O–H groups in total. The number of hydrogen-bond donors (Lipinski definition) is 1. The van der Waals surface area contributed by atoms with Crippen molar-refractivity contribution >= 4 is 29.5 Å². The van der Waals surface area contributed by atoms with Gasteiger partial charge in [-0.2, -0.15) is 0 Å². The molecule has 184 valence electrons. The maximum Gasteiger partial charge on any atom is 0.310 e. The van der Waals surface area contributed by atoms with Gasteiger partial charge in [0.2, 0.25) is 11.8 Å². The van der Waals surface area contributed by atoms with Gasteiger partial charge < -0.3 is 19.6 Å². The van der Waals surface area contributed by atoms with Crippen molar-refractivity contribution in [2.45, 2.75) is 68.5 Å². The summed E-state index contributed by atoms with van der Waals surface area (Å²) in [5.74, 6) is -1.73. The summed E-state index contributed by atoms with van der Waals surface area (Å²) in [6, 6.07) is -0.771. The Morgan fingerprint density at radius 3 is 2.67 bits per heavy atom. The summed E-state index contributed by atoms with van der Waals surface area (Å²) in [6.07, 6.45) is 6.83. The number of carbonyl (C=O) groups excluding carboxylic acids is 3. The zero-order valence-corrected chi connectivity index (χ0v) is 20.9. The number of rotatable bonds is 12. The van der Waals surface area contributed by atoms with Crippen molar-refractivity contribution in [2.24, 2.45) is 17.8 Å². The van der Waals surface area contributed by atoms with Gasteiger partial charge in [0, 0.05) is 24.4 Å². The molecule has 0 aliphatic carbocycles. The van der Waals surface area contributed by atoms with Crippen LogP contribution in [0.4, 0.5) is 0 Å². The van der Waals surface area contributed by atoms with Crippen molar-refractivity contribution in [1.29, 1.82) is 0 Å². The molecular formula is C25H38N2O5S. The smallest absolute Gasteiger partial charge is 0.310 e. The minimum Gasteiger partial charge on any atom is -0.465 e. The Hall–Kier alpha value is -1.80. The van der Waals surface area contributed by atoms with E-state index in [1.165, 1.54) is 4.90 Å². The van der Waals surface area contributed by atoms with Crippen LogP contribution in [-0.4, -0.2) is 81.1 Å². The molecule has 7 nitrogen and oxygen atoms in total. The van der Waals surface area contributed by atoms with E-state index in [1.807, 2.05) is 19.9 Å². The van der Waals surface area contributed by atoms with Crippen molar-refractivity contribution < 1.29 is 24.2 Å². The zero-order chi connectivity index (χ0) is 24.3. The average molecular weight is 479 g/mol. The van der Waals surface area contributed by atoms with Crippen LogP contribution in [-0.2, 0) is 19.1 Å². The van der Waals surface area contributed by atoms with Gasteiger partial charge in [-0.15, -0.1) is 24.9 Å². The molecule has 0 radical (unpaired) electrons. The number of aliphatic hydroxyl groups excluding tert-OH is 1. The minimum absolute atomic E-state index is 0.0342. The Balaban J connectivity index is 1.92. The fourth-order valence-electron chi connectivity index (χ4n) is 5.93. The van der Waals surface area contributed by atoms with Crippen LogP contribution < -0.4 is 0 Å². The third-order valence-corrected chi connectivity index (χ3v) is 9.45. The largest absolute Gasteiger partial charge is 0.465 e. The number of fused-ring (bicyclic) bond motifs is 1. The number of aliphatic hydroxyl groups is 1. The molecule has 0 saturated carbocycles. The Morgan fingerprint density at radius 2 is 2.06 bits per heavy atom. The molecule has 0 aromatic carbocycles. The number of esters is 1. The summed E-state index contributed by atoms with van der Waals surface area (Å²) in [5.41, 5.74) is 0. The molecule has 3 aliphatic heterocycles. The number of β-amino-alcohol motifs (C(OH)–C–C–N with tert-alkyl or cyclic N) is 1. The minimum atomic E-state index is -0.708. The Kier molecular flexibility index (Phi) is 8.32. The van der Waals surface area contributed by atoms with Crippen LogP contribution in [0.5, 0.6) is 0 Å². The number of carbonyl (C=O) groups is 3. The fourth-order valence-corrected chi connectivity index (χ4v) is 8.33. The van der Waals surface area contributed by atoms with Gasteiger partial charge in [-0.1, -0.05) is 19.1 Å². The molecule has 2 bridgehead atoms. The molecule has 0 aromatic heterocycles. The molecule has 2 amide bonds. The number of thioether (sulfide) groups is 1. The number of allylic oxidation sites excluding steroid dienone is 1. The van der Waals surface area contributed by atoms with Crippen LogP contribution in [0.25, 0.3) is 0 Å². The predicted octanol–water partition coefficient (Wildman–Crippen LogP) is 2.64. The lowest BCUT2D eigenvalue weighted by atomic mass is 9.66. The van der Waals surface area contributed by atoms with Crippen LogP contribution in [0, 0.1) is 17.8 Å². The molecule has 1 spiro atoms. The Bertz CT molecular complexity index is 787. The summed E-state index contributed by atoms with van der Waals surface area (Å²) in [4.78, 5) is 44.0. The third-order valence-electron chi connectivity index (χ3n) is 7.37. The normalized spacial score (nSPS) is 32.2. The van der Waals surface area contributed by atoms with E-state index in [4.69, 9.17) is 4.74 Å². The highest BCUT2D eigenvalue weighted by Crippen LogP contribution is 2.68. The fraction of sp³-hybridized carbons (Fsp3) is 0.720. The van der Waals surface area contributed by atoms with Crippen LogP contribution in [0.15, 0.2) is 25.3 Å². The first-order valence-corrected chi connectivity index (χ1v) is 12.9. The number of nitrogens with zero attached hydrogens (tertiary/aromatic N) is 2.